The van der Waals surface area contributed by atoms with E-state index in [9.17, 15) is 0 Å². The van der Waals surface area contributed by atoms with E-state index in [0.29, 0.717) is 5.92 Å². The van der Waals surface area contributed by atoms with Crippen molar-refractivity contribution in [3.63, 3.8) is 0 Å². The summed E-state index contributed by atoms with van der Waals surface area (Å²) in [5, 5.41) is 0. The van der Waals surface area contributed by atoms with E-state index >= 15 is 0 Å². The highest BCUT2D eigenvalue weighted by Gasteiger charge is 2.21. The Hall–Kier alpha value is -0.860. The lowest BCUT2D eigenvalue weighted by Crippen LogP contribution is -2.23. The zero-order chi connectivity index (χ0) is 10.7. The van der Waals surface area contributed by atoms with E-state index in [4.69, 9.17) is 5.73 Å². The summed E-state index contributed by atoms with van der Waals surface area (Å²) in [6, 6.07) is 8.64. The Morgan fingerprint density at radius 2 is 2.20 bits per heavy atom. The fourth-order valence-electron chi connectivity index (χ4n) is 2.28. The minimum Gasteiger partial charge on any atom is -0.330 e. The van der Waals surface area contributed by atoms with Crippen molar-refractivity contribution in [3.8, 4) is 0 Å². The first-order valence-electron chi connectivity index (χ1n) is 5.76. The van der Waals surface area contributed by atoms with E-state index in [1.807, 2.05) is 0 Å². The van der Waals surface area contributed by atoms with Crippen LogP contribution in [0.5, 0.6) is 0 Å². The van der Waals surface area contributed by atoms with Gasteiger partial charge in [0.25, 0.3) is 0 Å². The molecule has 1 aromatic rings. The molecule has 15 heavy (non-hydrogen) atoms. The molecule has 2 rings (SSSR count). The Morgan fingerprint density at radius 3 is 2.87 bits per heavy atom. The van der Waals surface area contributed by atoms with Gasteiger partial charge in [0, 0.05) is 13.1 Å². The predicted molar refractivity (Wildman–Crippen MR) is 63.6 cm³/mol. The molecular formula is C13H20N2. The van der Waals surface area contributed by atoms with Crippen molar-refractivity contribution in [1.29, 1.82) is 0 Å². The molecule has 2 nitrogen and oxygen atoms in total. The molecule has 1 aliphatic heterocycles. The Kier molecular flexibility index (Phi) is 3.39. The second-order valence-electron chi connectivity index (χ2n) is 4.55. The quantitative estimate of drug-likeness (QED) is 0.813. The van der Waals surface area contributed by atoms with Crippen LogP contribution in [0.25, 0.3) is 0 Å². The van der Waals surface area contributed by atoms with Crippen LogP contribution in [-0.4, -0.2) is 24.5 Å². The van der Waals surface area contributed by atoms with Crippen LogP contribution < -0.4 is 5.73 Å². The number of aryl methyl sites for hydroxylation is 1. The van der Waals surface area contributed by atoms with E-state index < -0.39 is 0 Å². The van der Waals surface area contributed by atoms with Crippen molar-refractivity contribution in [1.82, 2.24) is 4.90 Å². The molecule has 0 unspecified atom stereocenters. The standard InChI is InChI=1S/C13H20N2/c1-11-4-2-3-5-13(11)10-15-7-6-12(8-14)9-15/h2-5,12H,6-10,14H2,1H3/t12-/m0/s1. The van der Waals surface area contributed by atoms with Gasteiger partial charge in [-0.25, -0.2) is 0 Å². The van der Waals surface area contributed by atoms with Crippen LogP contribution in [0.4, 0.5) is 0 Å². The lowest BCUT2D eigenvalue weighted by molar-refractivity contribution is 0.317. The van der Waals surface area contributed by atoms with Crippen molar-refractivity contribution < 1.29 is 0 Å². The third-order valence-corrected chi connectivity index (χ3v) is 3.36. The lowest BCUT2D eigenvalue weighted by Gasteiger charge is -2.17. The fourth-order valence-corrected chi connectivity index (χ4v) is 2.28. The van der Waals surface area contributed by atoms with Crippen LogP contribution in [0, 0.1) is 12.8 Å². The number of nitrogens with two attached hydrogens (primary N) is 1. The van der Waals surface area contributed by atoms with Crippen molar-refractivity contribution in [2.75, 3.05) is 19.6 Å². The minimum absolute atomic E-state index is 0.717. The molecule has 0 aromatic heterocycles. The number of hydrogen-bond acceptors (Lipinski definition) is 2. The summed E-state index contributed by atoms with van der Waals surface area (Å²) >= 11 is 0. The van der Waals surface area contributed by atoms with Gasteiger partial charge < -0.3 is 5.73 Å². The number of hydrogen-bond donors (Lipinski definition) is 1. The number of nitrogens with zero attached hydrogens (tertiary/aromatic N) is 1. The summed E-state index contributed by atoms with van der Waals surface area (Å²) in [5.41, 5.74) is 8.54. The molecule has 0 saturated carbocycles. The third kappa shape index (κ3) is 2.58. The average molecular weight is 204 g/mol. The zero-order valence-corrected chi connectivity index (χ0v) is 9.45. The van der Waals surface area contributed by atoms with Crippen LogP contribution in [0.3, 0.4) is 0 Å². The number of benzene rings is 1. The van der Waals surface area contributed by atoms with Crippen LogP contribution >= 0.6 is 0 Å². The van der Waals surface area contributed by atoms with Gasteiger partial charge in [-0.2, -0.15) is 0 Å². The molecule has 1 fully saturated rings. The van der Waals surface area contributed by atoms with Crippen molar-refractivity contribution in [2.24, 2.45) is 11.7 Å². The molecule has 1 atom stereocenters. The van der Waals surface area contributed by atoms with Crippen LogP contribution in [-0.2, 0) is 6.54 Å². The Bertz CT molecular complexity index is 322. The fraction of sp³-hybridized carbons (Fsp3) is 0.538. The van der Waals surface area contributed by atoms with Crippen molar-refractivity contribution >= 4 is 0 Å². The Morgan fingerprint density at radius 1 is 1.40 bits per heavy atom. The van der Waals surface area contributed by atoms with Crippen molar-refractivity contribution in [3.05, 3.63) is 35.4 Å². The van der Waals surface area contributed by atoms with Gasteiger partial charge in [-0.05, 0) is 43.5 Å². The zero-order valence-electron chi connectivity index (χ0n) is 9.45. The highest BCUT2D eigenvalue weighted by Crippen LogP contribution is 2.18. The topological polar surface area (TPSA) is 29.3 Å². The molecule has 0 radical (unpaired) electrons. The van der Waals surface area contributed by atoms with Gasteiger partial charge in [0.15, 0.2) is 0 Å². The summed E-state index contributed by atoms with van der Waals surface area (Å²) < 4.78 is 0. The van der Waals surface area contributed by atoms with Gasteiger partial charge in [0.05, 0.1) is 0 Å². The first kappa shape index (κ1) is 10.7. The average Bonchev–Trinajstić information content (AvgIpc) is 2.69. The van der Waals surface area contributed by atoms with Crippen LogP contribution in [0.1, 0.15) is 17.5 Å². The summed E-state index contributed by atoms with van der Waals surface area (Å²) in [7, 11) is 0. The molecule has 0 spiro atoms. The SMILES string of the molecule is Cc1ccccc1CN1CC[C@@H](CN)C1. The minimum atomic E-state index is 0.717. The summed E-state index contributed by atoms with van der Waals surface area (Å²) in [6.45, 7) is 6.49. The first-order valence-corrected chi connectivity index (χ1v) is 5.76. The number of rotatable bonds is 3. The van der Waals surface area contributed by atoms with Gasteiger partial charge in [-0.3, -0.25) is 4.90 Å². The Labute approximate surface area is 92.1 Å². The van der Waals surface area contributed by atoms with E-state index in [0.717, 1.165) is 13.1 Å². The molecule has 82 valence electrons. The van der Waals surface area contributed by atoms with Crippen molar-refractivity contribution in [2.45, 2.75) is 19.9 Å². The summed E-state index contributed by atoms with van der Waals surface area (Å²) in [4.78, 5) is 2.51. The highest BCUT2D eigenvalue weighted by molar-refractivity contribution is 5.25. The number of likely N-dealkylation sites (tertiary alicyclic amines) is 1. The highest BCUT2D eigenvalue weighted by atomic mass is 15.1. The molecule has 2 heteroatoms. The Balaban J connectivity index is 1.96. The normalized spacial score (nSPS) is 22.1. The molecule has 0 bridgehead atoms. The van der Waals surface area contributed by atoms with E-state index in [1.54, 1.807) is 0 Å². The maximum absolute atomic E-state index is 5.69. The largest absolute Gasteiger partial charge is 0.330 e. The maximum atomic E-state index is 5.69. The second-order valence-corrected chi connectivity index (χ2v) is 4.55. The van der Waals surface area contributed by atoms with E-state index in [2.05, 4.69) is 36.1 Å². The molecule has 0 amide bonds. The van der Waals surface area contributed by atoms with Crippen LogP contribution in [0.15, 0.2) is 24.3 Å². The lowest BCUT2D eigenvalue weighted by atomic mass is 10.1. The van der Waals surface area contributed by atoms with Gasteiger partial charge in [0.1, 0.15) is 0 Å². The van der Waals surface area contributed by atoms with Gasteiger partial charge >= 0.3 is 0 Å². The molecule has 2 N–H and O–H groups in total. The third-order valence-electron chi connectivity index (χ3n) is 3.36. The molecule has 1 aliphatic rings. The molecule has 1 aromatic carbocycles. The van der Waals surface area contributed by atoms with E-state index in [1.165, 1.54) is 30.6 Å². The summed E-state index contributed by atoms with van der Waals surface area (Å²) in [5.74, 6) is 0.717. The molecule has 0 aliphatic carbocycles. The van der Waals surface area contributed by atoms with Crippen LogP contribution in [0.2, 0.25) is 0 Å². The van der Waals surface area contributed by atoms with E-state index in [-0.39, 0.29) is 0 Å². The monoisotopic (exact) mass is 204 g/mol. The molecular weight excluding hydrogens is 184 g/mol. The maximum Gasteiger partial charge on any atom is 0.0236 e. The molecule has 1 saturated heterocycles. The first-order chi connectivity index (χ1) is 7.29. The summed E-state index contributed by atoms with van der Waals surface area (Å²) in [6.07, 6.45) is 1.27. The predicted octanol–water partition coefficient (Wildman–Crippen LogP) is 1.78. The van der Waals surface area contributed by atoms with Gasteiger partial charge in [-0.1, -0.05) is 24.3 Å². The van der Waals surface area contributed by atoms with Gasteiger partial charge in [-0.15, -0.1) is 0 Å². The molecule has 1 heterocycles. The smallest absolute Gasteiger partial charge is 0.0236 e. The van der Waals surface area contributed by atoms with Gasteiger partial charge in [0.2, 0.25) is 0 Å². The second kappa shape index (κ2) is 4.77.